The van der Waals surface area contributed by atoms with Crippen molar-refractivity contribution in [2.24, 2.45) is 4.99 Å². The Bertz CT molecular complexity index is 1930. The SMILES string of the molecule is Cc1ccc(C(=O)OC[C@H]2O[C@H]([N+]3([C@@H]4O[C@H](CO)[C@@H](O)[C@H]4O)C=Nc4c(NC(C)c5cnc[nH]5)ncnc43)C[C@@H]2OC(=O)c2ccc(C)cc2)cc1. The molecule has 2 aromatic heterocycles. The van der Waals surface area contributed by atoms with Crippen molar-refractivity contribution in [1.29, 1.82) is 0 Å². The second-order valence-electron chi connectivity index (χ2n) is 13.2. The predicted octanol–water partition coefficient (Wildman–Crippen LogP) is 2.61. The molecule has 0 saturated carbocycles. The normalized spacial score (nSPS) is 28.4. The lowest BCUT2D eigenvalue weighted by Gasteiger charge is -2.39. The molecule has 16 nitrogen and oxygen atoms in total. The number of aliphatic imine (C=N–C) groups is 1. The summed E-state index contributed by atoms with van der Waals surface area (Å²) in [5, 5.41) is 35.7. The number of aryl methyl sites for hydroxylation is 2. The van der Waals surface area contributed by atoms with Crippen LogP contribution in [-0.2, 0) is 18.9 Å². The molecular weight excluding hydrogens is 674 g/mol. The highest BCUT2D eigenvalue weighted by atomic mass is 16.6. The van der Waals surface area contributed by atoms with Crippen LogP contribution in [0.15, 0.2) is 72.4 Å². The molecule has 2 aromatic carbocycles. The van der Waals surface area contributed by atoms with Crippen molar-refractivity contribution >= 4 is 35.6 Å². The number of anilines is 1. The summed E-state index contributed by atoms with van der Waals surface area (Å²) in [6, 6.07) is 13.5. The molecule has 0 radical (unpaired) electrons. The van der Waals surface area contributed by atoms with Gasteiger partial charge in [0.25, 0.3) is 5.82 Å². The maximum Gasteiger partial charge on any atom is 0.338 e. The summed E-state index contributed by atoms with van der Waals surface area (Å²) in [6.45, 7) is 4.86. The molecule has 0 spiro atoms. The highest BCUT2D eigenvalue weighted by Crippen LogP contribution is 2.49. The van der Waals surface area contributed by atoms with Crippen LogP contribution in [0.2, 0.25) is 0 Å². The molecule has 7 rings (SSSR count). The molecule has 3 aliphatic heterocycles. The first kappa shape index (κ1) is 35.3. The fourth-order valence-electron chi connectivity index (χ4n) is 6.73. The molecule has 3 aliphatic rings. The number of fused-ring (bicyclic) bond motifs is 1. The van der Waals surface area contributed by atoms with Gasteiger partial charge in [0.1, 0.15) is 37.4 Å². The molecule has 0 amide bonds. The van der Waals surface area contributed by atoms with Gasteiger partial charge in [0, 0.05) is 6.20 Å². The number of quaternary nitrogens is 1. The summed E-state index contributed by atoms with van der Waals surface area (Å²) in [6.07, 6.45) is -2.26. The second-order valence-corrected chi connectivity index (χ2v) is 13.2. The van der Waals surface area contributed by atoms with Gasteiger partial charge in [-0.1, -0.05) is 35.4 Å². The lowest BCUT2D eigenvalue weighted by atomic mass is 10.1. The molecule has 2 fully saturated rings. The summed E-state index contributed by atoms with van der Waals surface area (Å²) >= 11 is 0. The Labute approximate surface area is 298 Å². The van der Waals surface area contributed by atoms with Crippen LogP contribution in [0.4, 0.5) is 17.3 Å². The molecule has 0 aliphatic carbocycles. The Balaban J connectivity index is 1.24. The number of esters is 2. The van der Waals surface area contributed by atoms with Crippen LogP contribution in [0.3, 0.4) is 0 Å². The van der Waals surface area contributed by atoms with E-state index in [4.69, 9.17) is 23.9 Å². The largest absolute Gasteiger partial charge is 0.459 e. The fraction of sp³-hybridized carbons (Fsp3) is 0.389. The third-order valence-corrected chi connectivity index (χ3v) is 9.69. The minimum absolute atomic E-state index is 0.0135. The lowest BCUT2D eigenvalue weighted by Crippen LogP contribution is -2.65. The Hall–Kier alpha value is -5.10. The van der Waals surface area contributed by atoms with Crippen molar-refractivity contribution in [3.05, 3.63) is 95.3 Å². The third kappa shape index (κ3) is 6.55. The molecule has 2 saturated heterocycles. The van der Waals surface area contributed by atoms with Crippen molar-refractivity contribution < 1.29 is 43.9 Å². The number of imidazole rings is 1. The average molecular weight is 715 g/mol. The van der Waals surface area contributed by atoms with Crippen molar-refractivity contribution in [1.82, 2.24) is 24.4 Å². The van der Waals surface area contributed by atoms with Crippen molar-refractivity contribution in [2.75, 3.05) is 18.5 Å². The number of aromatic amines is 1. The Morgan fingerprint density at radius 3 is 2.31 bits per heavy atom. The van der Waals surface area contributed by atoms with Crippen LogP contribution in [0, 0.1) is 13.8 Å². The number of nitrogens with zero attached hydrogens (tertiary/aromatic N) is 5. The average Bonchev–Trinajstić information content (AvgIpc) is 3.95. The fourth-order valence-corrected chi connectivity index (χ4v) is 6.73. The first-order chi connectivity index (χ1) is 25.1. The zero-order valence-corrected chi connectivity index (χ0v) is 28.7. The molecule has 16 heteroatoms. The Morgan fingerprint density at radius 1 is 0.981 bits per heavy atom. The summed E-state index contributed by atoms with van der Waals surface area (Å²) in [5.41, 5.74) is 3.71. The van der Waals surface area contributed by atoms with Gasteiger partial charge in [0.2, 0.25) is 18.8 Å². The molecule has 5 heterocycles. The summed E-state index contributed by atoms with van der Waals surface area (Å²) in [5.74, 6) is -0.583. The summed E-state index contributed by atoms with van der Waals surface area (Å²) in [4.78, 5) is 47.4. The van der Waals surface area contributed by atoms with Crippen LogP contribution in [0.1, 0.15) is 56.9 Å². The van der Waals surface area contributed by atoms with Gasteiger partial charge in [-0.2, -0.15) is 14.5 Å². The van der Waals surface area contributed by atoms with Gasteiger partial charge in [0.05, 0.1) is 42.2 Å². The number of hydrogen-bond donors (Lipinski definition) is 5. The van der Waals surface area contributed by atoms with Crippen LogP contribution in [0.5, 0.6) is 0 Å². The first-order valence-corrected chi connectivity index (χ1v) is 16.9. The van der Waals surface area contributed by atoms with Gasteiger partial charge in [-0.15, -0.1) is 0 Å². The van der Waals surface area contributed by atoms with Gasteiger partial charge >= 0.3 is 11.9 Å². The van der Waals surface area contributed by atoms with E-state index in [1.807, 2.05) is 20.8 Å². The highest BCUT2D eigenvalue weighted by Gasteiger charge is 2.64. The van der Waals surface area contributed by atoms with E-state index in [1.165, 1.54) is 12.7 Å². The monoisotopic (exact) mass is 714 g/mol. The zero-order chi connectivity index (χ0) is 36.6. The molecular formula is C36H40N7O9+. The maximum atomic E-state index is 13.5. The number of aromatic nitrogens is 4. The van der Waals surface area contributed by atoms with Gasteiger partial charge in [0.15, 0.2) is 17.6 Å². The number of benzene rings is 2. The zero-order valence-electron chi connectivity index (χ0n) is 28.7. The molecule has 0 bridgehead atoms. The van der Waals surface area contributed by atoms with E-state index in [2.05, 4.69) is 25.3 Å². The highest BCUT2D eigenvalue weighted by molar-refractivity contribution is 5.92. The van der Waals surface area contributed by atoms with Crippen LogP contribution in [0.25, 0.3) is 0 Å². The van der Waals surface area contributed by atoms with E-state index in [0.29, 0.717) is 22.6 Å². The first-order valence-electron chi connectivity index (χ1n) is 16.9. The minimum Gasteiger partial charge on any atom is -0.459 e. The van der Waals surface area contributed by atoms with Gasteiger partial charge < -0.3 is 44.6 Å². The summed E-state index contributed by atoms with van der Waals surface area (Å²) in [7, 11) is 0. The smallest absolute Gasteiger partial charge is 0.338 e. The number of nitrogens with one attached hydrogen (secondary N) is 2. The van der Waals surface area contributed by atoms with Crippen LogP contribution >= 0.6 is 0 Å². The van der Waals surface area contributed by atoms with Gasteiger partial charge in [-0.3, -0.25) is 0 Å². The molecule has 4 aromatic rings. The van der Waals surface area contributed by atoms with Crippen molar-refractivity contribution in [3.8, 4) is 0 Å². The topological polar surface area (TPSA) is 211 Å². The minimum atomic E-state index is -1.53. The summed E-state index contributed by atoms with van der Waals surface area (Å²) < 4.78 is 24.0. The van der Waals surface area contributed by atoms with Crippen molar-refractivity contribution in [2.45, 2.75) is 76.2 Å². The number of hydrogen-bond acceptors (Lipinski definition) is 14. The van der Waals surface area contributed by atoms with Crippen LogP contribution in [-0.4, -0.2) is 110 Å². The Kier molecular flexibility index (Phi) is 9.84. The van der Waals surface area contributed by atoms with E-state index in [1.54, 1.807) is 61.1 Å². The number of rotatable bonds is 11. The predicted molar refractivity (Wildman–Crippen MR) is 185 cm³/mol. The number of ether oxygens (including phenoxy) is 4. The molecule has 52 heavy (non-hydrogen) atoms. The number of carbonyl (C=O) groups is 2. The third-order valence-electron chi connectivity index (χ3n) is 9.69. The van der Waals surface area contributed by atoms with E-state index in [-0.39, 0.29) is 24.9 Å². The molecule has 5 N–H and O–H groups in total. The lowest BCUT2D eigenvalue weighted by molar-refractivity contribution is -0.134. The maximum absolute atomic E-state index is 13.5. The number of aliphatic hydroxyl groups is 3. The molecule has 9 atom stereocenters. The van der Waals surface area contributed by atoms with E-state index in [0.717, 1.165) is 16.8 Å². The van der Waals surface area contributed by atoms with Gasteiger partial charge in [-0.05, 0) is 45.0 Å². The van der Waals surface area contributed by atoms with Gasteiger partial charge in [-0.25, -0.2) is 19.6 Å². The van der Waals surface area contributed by atoms with Crippen LogP contribution < -0.4 is 9.80 Å². The van der Waals surface area contributed by atoms with E-state index in [9.17, 15) is 24.9 Å². The molecule has 272 valence electrons. The Morgan fingerprint density at radius 2 is 1.67 bits per heavy atom. The second kappa shape index (κ2) is 14.5. The van der Waals surface area contributed by atoms with E-state index >= 15 is 0 Å². The number of H-pyrrole nitrogens is 1. The molecule has 2 unspecified atom stereocenters. The standard InChI is InChI=1S/C36H40N7O9/c1-19-4-8-22(9-5-19)35(47)49-15-27-25(52-36(48)23-10-6-20(2)7-11-23)12-28(50-27)43(34-31(46)30(45)26(14-44)51-34)18-41-29-32(39-17-40-33(29)43)42-21(3)24-13-37-16-38-24/h4-11,13,16-18,21,25-28,30-31,34,44-46H,12,14-15H2,1-3H3,(H,37,38)(H,39,40,42)/q+1/t21?,25-,26+,27+,28-,30+,31+,34+,43?/m0/s1. The number of aliphatic hydroxyl groups excluding tert-OH is 3. The van der Waals surface area contributed by atoms with E-state index < -0.39 is 66.0 Å². The van der Waals surface area contributed by atoms with Crippen molar-refractivity contribution in [3.63, 3.8) is 0 Å². The quantitative estimate of drug-likeness (QED) is 0.112. The number of carbonyl (C=O) groups excluding carboxylic acids is 2.